The lowest BCUT2D eigenvalue weighted by molar-refractivity contribution is -0.0858. The highest BCUT2D eigenvalue weighted by Gasteiger charge is 2.37. The van der Waals surface area contributed by atoms with Crippen molar-refractivity contribution >= 4 is 0 Å². The summed E-state index contributed by atoms with van der Waals surface area (Å²) in [5.74, 6) is 0.877. The Morgan fingerprint density at radius 2 is 1.82 bits per heavy atom. The van der Waals surface area contributed by atoms with Gasteiger partial charge in [-0.3, -0.25) is 4.90 Å². The van der Waals surface area contributed by atoms with Crippen LogP contribution in [0.4, 0.5) is 0 Å². The van der Waals surface area contributed by atoms with Gasteiger partial charge in [-0.1, -0.05) is 0 Å². The second kappa shape index (κ2) is 5.68. The molecule has 0 radical (unpaired) electrons. The molecule has 3 nitrogen and oxygen atoms in total. The van der Waals surface area contributed by atoms with Gasteiger partial charge in [-0.05, 0) is 46.5 Å². The van der Waals surface area contributed by atoms with E-state index in [2.05, 4.69) is 37.9 Å². The van der Waals surface area contributed by atoms with Crippen LogP contribution in [-0.4, -0.2) is 48.8 Å². The zero-order valence-electron chi connectivity index (χ0n) is 11.8. The van der Waals surface area contributed by atoms with Crippen LogP contribution >= 0.6 is 0 Å². The van der Waals surface area contributed by atoms with Gasteiger partial charge in [-0.15, -0.1) is 0 Å². The van der Waals surface area contributed by atoms with Crippen molar-refractivity contribution in [1.82, 2.24) is 10.2 Å². The van der Waals surface area contributed by atoms with E-state index >= 15 is 0 Å². The van der Waals surface area contributed by atoms with Crippen molar-refractivity contribution in [3.63, 3.8) is 0 Å². The molecule has 0 aromatic heterocycles. The van der Waals surface area contributed by atoms with E-state index in [4.69, 9.17) is 4.74 Å². The molecule has 2 aliphatic rings. The number of nitrogens with zero attached hydrogens (tertiary/aromatic N) is 1. The highest BCUT2D eigenvalue weighted by Crippen LogP contribution is 2.31. The highest BCUT2D eigenvalue weighted by molar-refractivity contribution is 4.92. The monoisotopic (exact) mass is 240 g/mol. The quantitative estimate of drug-likeness (QED) is 0.767. The second-order valence-corrected chi connectivity index (χ2v) is 6.25. The van der Waals surface area contributed by atoms with Gasteiger partial charge in [0, 0.05) is 31.7 Å². The van der Waals surface area contributed by atoms with Gasteiger partial charge in [-0.25, -0.2) is 0 Å². The molecule has 0 unspecified atom stereocenters. The molecule has 1 aliphatic carbocycles. The minimum atomic E-state index is 0.379. The highest BCUT2D eigenvalue weighted by atomic mass is 16.5. The Balaban J connectivity index is 1.74. The Labute approximate surface area is 106 Å². The molecule has 1 heterocycles. The van der Waals surface area contributed by atoms with E-state index in [9.17, 15) is 0 Å². The summed E-state index contributed by atoms with van der Waals surface area (Å²) in [6.45, 7) is 12.6. The molecule has 0 aromatic rings. The first-order valence-electron chi connectivity index (χ1n) is 7.18. The lowest BCUT2D eigenvalue weighted by Gasteiger charge is -2.47. The molecule has 0 amide bonds. The van der Waals surface area contributed by atoms with Crippen molar-refractivity contribution in [2.24, 2.45) is 5.92 Å². The van der Waals surface area contributed by atoms with Gasteiger partial charge in [0.25, 0.3) is 0 Å². The SMILES string of the molecule is CC(C)OC1CC(N(CC2CNC2)C(C)C)C1. The van der Waals surface area contributed by atoms with E-state index in [1.54, 1.807) is 0 Å². The first kappa shape index (κ1) is 13.3. The standard InChI is InChI=1S/C14H28N2O/c1-10(2)16(9-12-7-15-8-12)13-5-14(6-13)17-11(3)4/h10-15H,5-9H2,1-4H3. The van der Waals surface area contributed by atoms with Crippen LogP contribution in [0.15, 0.2) is 0 Å². The molecule has 3 heteroatoms. The van der Waals surface area contributed by atoms with Crippen LogP contribution < -0.4 is 5.32 Å². The summed E-state index contributed by atoms with van der Waals surface area (Å²) < 4.78 is 5.85. The summed E-state index contributed by atoms with van der Waals surface area (Å²) in [5.41, 5.74) is 0. The maximum Gasteiger partial charge on any atom is 0.0608 e. The van der Waals surface area contributed by atoms with Crippen LogP contribution in [0.2, 0.25) is 0 Å². The smallest absolute Gasteiger partial charge is 0.0608 e. The third-order valence-corrected chi connectivity index (χ3v) is 4.00. The van der Waals surface area contributed by atoms with E-state index in [0.29, 0.717) is 18.2 Å². The molecule has 1 saturated heterocycles. The molecule has 17 heavy (non-hydrogen) atoms. The molecule has 0 spiro atoms. The molecule has 0 aromatic carbocycles. The first-order valence-corrected chi connectivity index (χ1v) is 7.18. The summed E-state index contributed by atoms with van der Waals surface area (Å²) >= 11 is 0. The maximum absolute atomic E-state index is 5.85. The van der Waals surface area contributed by atoms with Crippen molar-refractivity contribution < 1.29 is 4.74 Å². The third-order valence-electron chi connectivity index (χ3n) is 4.00. The molecule has 100 valence electrons. The Bertz CT molecular complexity index is 232. The van der Waals surface area contributed by atoms with Gasteiger partial charge in [-0.2, -0.15) is 0 Å². The number of nitrogens with one attached hydrogen (secondary N) is 1. The predicted octanol–water partition coefficient (Wildman–Crippen LogP) is 1.87. The minimum absolute atomic E-state index is 0.379. The van der Waals surface area contributed by atoms with E-state index in [1.807, 2.05) is 0 Å². The summed E-state index contributed by atoms with van der Waals surface area (Å²) in [7, 11) is 0. The second-order valence-electron chi connectivity index (χ2n) is 6.25. The molecular formula is C14H28N2O. The summed E-state index contributed by atoms with van der Waals surface area (Å²) in [4.78, 5) is 2.69. The number of hydrogen-bond acceptors (Lipinski definition) is 3. The van der Waals surface area contributed by atoms with E-state index in [-0.39, 0.29) is 0 Å². The summed E-state index contributed by atoms with van der Waals surface area (Å²) in [5, 5.41) is 3.36. The van der Waals surface area contributed by atoms with Crippen molar-refractivity contribution in [2.75, 3.05) is 19.6 Å². The molecular weight excluding hydrogens is 212 g/mol. The van der Waals surface area contributed by atoms with Crippen LogP contribution in [0.5, 0.6) is 0 Å². The van der Waals surface area contributed by atoms with Crippen LogP contribution in [0.3, 0.4) is 0 Å². The fourth-order valence-electron chi connectivity index (χ4n) is 2.86. The van der Waals surface area contributed by atoms with E-state index in [0.717, 1.165) is 12.0 Å². The molecule has 2 fully saturated rings. The van der Waals surface area contributed by atoms with Gasteiger partial charge < -0.3 is 10.1 Å². The Hall–Kier alpha value is -0.120. The van der Waals surface area contributed by atoms with Crippen molar-refractivity contribution in [1.29, 1.82) is 0 Å². The average Bonchev–Trinajstić information content (AvgIpc) is 2.09. The third kappa shape index (κ3) is 3.43. The fraction of sp³-hybridized carbons (Fsp3) is 1.00. The van der Waals surface area contributed by atoms with Gasteiger partial charge in [0.1, 0.15) is 0 Å². The zero-order chi connectivity index (χ0) is 12.4. The van der Waals surface area contributed by atoms with Gasteiger partial charge in [0.2, 0.25) is 0 Å². The molecule has 2 rings (SSSR count). The maximum atomic E-state index is 5.85. The van der Waals surface area contributed by atoms with Gasteiger partial charge >= 0.3 is 0 Å². The number of ether oxygens (including phenoxy) is 1. The predicted molar refractivity (Wildman–Crippen MR) is 71.2 cm³/mol. The van der Waals surface area contributed by atoms with Crippen LogP contribution in [0.1, 0.15) is 40.5 Å². The van der Waals surface area contributed by atoms with E-state index < -0.39 is 0 Å². The van der Waals surface area contributed by atoms with Crippen molar-refractivity contribution in [3.05, 3.63) is 0 Å². The normalized spacial score (nSPS) is 29.8. The number of rotatable bonds is 6. The molecule has 1 aliphatic heterocycles. The first-order chi connectivity index (χ1) is 8.06. The topological polar surface area (TPSA) is 24.5 Å². The fourth-order valence-corrected chi connectivity index (χ4v) is 2.86. The Morgan fingerprint density at radius 1 is 1.18 bits per heavy atom. The summed E-state index contributed by atoms with van der Waals surface area (Å²) in [6.07, 6.45) is 3.36. The average molecular weight is 240 g/mol. The van der Waals surface area contributed by atoms with Crippen LogP contribution in [0, 0.1) is 5.92 Å². The van der Waals surface area contributed by atoms with E-state index in [1.165, 1.54) is 32.5 Å². The van der Waals surface area contributed by atoms with Gasteiger partial charge in [0.15, 0.2) is 0 Å². The number of hydrogen-bond donors (Lipinski definition) is 1. The lowest BCUT2D eigenvalue weighted by Crippen LogP contribution is -2.56. The lowest BCUT2D eigenvalue weighted by atomic mass is 9.85. The van der Waals surface area contributed by atoms with Crippen LogP contribution in [-0.2, 0) is 4.74 Å². The Kier molecular flexibility index (Phi) is 4.45. The zero-order valence-corrected chi connectivity index (χ0v) is 11.8. The molecule has 1 N–H and O–H groups in total. The van der Waals surface area contributed by atoms with Crippen molar-refractivity contribution in [3.8, 4) is 0 Å². The van der Waals surface area contributed by atoms with Gasteiger partial charge in [0.05, 0.1) is 12.2 Å². The molecule has 1 saturated carbocycles. The summed E-state index contributed by atoms with van der Waals surface area (Å²) in [6, 6.07) is 1.43. The largest absolute Gasteiger partial charge is 0.375 e. The van der Waals surface area contributed by atoms with Crippen molar-refractivity contribution in [2.45, 2.75) is 64.8 Å². The molecule has 0 atom stereocenters. The van der Waals surface area contributed by atoms with Crippen LogP contribution in [0.25, 0.3) is 0 Å². The minimum Gasteiger partial charge on any atom is -0.375 e. The Morgan fingerprint density at radius 3 is 2.24 bits per heavy atom. The molecule has 0 bridgehead atoms.